The molecule has 1 aromatic carbocycles. The average molecular weight is 383 g/mol. The van der Waals surface area contributed by atoms with Gasteiger partial charge in [-0.2, -0.15) is 0 Å². The Bertz CT molecular complexity index is 767. The summed E-state index contributed by atoms with van der Waals surface area (Å²) in [4.78, 5) is 28.0. The number of nitrogens with zero attached hydrogens (tertiary/aromatic N) is 5. The Morgan fingerprint density at radius 1 is 1.04 bits per heavy atom. The maximum Gasteiger partial charge on any atom is 0.272 e. The van der Waals surface area contributed by atoms with Crippen molar-refractivity contribution >= 4 is 23.2 Å². The lowest BCUT2D eigenvalue weighted by Gasteiger charge is -2.33. The molecule has 150 valence electrons. The average Bonchev–Trinajstić information content (AvgIpc) is 2.75. The Kier molecular flexibility index (Phi) is 6.81. The van der Waals surface area contributed by atoms with Crippen molar-refractivity contribution in [2.45, 2.75) is 20.8 Å². The number of anilines is 3. The lowest BCUT2D eigenvalue weighted by Crippen LogP contribution is -2.48. The van der Waals surface area contributed by atoms with Crippen LogP contribution in [0.5, 0.6) is 0 Å². The quantitative estimate of drug-likeness (QED) is 0.794. The molecule has 0 unspecified atom stereocenters. The van der Waals surface area contributed by atoms with Crippen molar-refractivity contribution in [2.75, 3.05) is 56.0 Å². The summed E-state index contributed by atoms with van der Waals surface area (Å²) in [6.45, 7) is 12.7. The second-order valence-electron chi connectivity index (χ2n) is 6.84. The Labute approximate surface area is 167 Å². The number of rotatable bonds is 7. The molecule has 2 aromatic rings. The van der Waals surface area contributed by atoms with Crippen LogP contribution >= 0.6 is 0 Å². The van der Waals surface area contributed by atoms with Crippen molar-refractivity contribution in [3.8, 4) is 0 Å². The van der Waals surface area contributed by atoms with E-state index in [1.165, 1.54) is 5.69 Å². The third kappa shape index (κ3) is 4.78. The molecule has 0 atom stereocenters. The first-order valence-corrected chi connectivity index (χ1v) is 10.1. The minimum Gasteiger partial charge on any atom is -0.372 e. The molecule has 3 rings (SSSR count). The van der Waals surface area contributed by atoms with Gasteiger partial charge in [-0.15, -0.1) is 0 Å². The predicted octanol–water partition coefficient (Wildman–Crippen LogP) is 2.84. The van der Waals surface area contributed by atoms with E-state index in [1.807, 2.05) is 17.0 Å². The summed E-state index contributed by atoms with van der Waals surface area (Å²) in [6.07, 6.45) is 1.63. The molecule has 1 saturated heterocycles. The fourth-order valence-electron chi connectivity index (χ4n) is 3.44. The van der Waals surface area contributed by atoms with E-state index in [-0.39, 0.29) is 5.91 Å². The van der Waals surface area contributed by atoms with Crippen LogP contribution in [0.3, 0.4) is 0 Å². The molecule has 0 bridgehead atoms. The van der Waals surface area contributed by atoms with Gasteiger partial charge < -0.3 is 20.0 Å². The first-order valence-electron chi connectivity index (χ1n) is 10.1. The standard InChI is InChI=1S/C21H30N6O/c1-4-25-13-15-27(16-14-25)20(28)19-11-12-22-21(24-19)23-17-7-9-18(10-8-17)26(5-2)6-3/h7-12H,4-6,13-16H2,1-3H3,(H,22,23,24). The van der Waals surface area contributed by atoms with Crippen LogP contribution in [-0.4, -0.2) is 71.5 Å². The number of benzene rings is 1. The molecule has 2 heterocycles. The van der Waals surface area contributed by atoms with Crippen LogP contribution in [0.2, 0.25) is 0 Å². The van der Waals surface area contributed by atoms with Gasteiger partial charge >= 0.3 is 0 Å². The van der Waals surface area contributed by atoms with E-state index >= 15 is 0 Å². The van der Waals surface area contributed by atoms with E-state index in [2.05, 4.69) is 58.0 Å². The second-order valence-corrected chi connectivity index (χ2v) is 6.84. The minimum absolute atomic E-state index is 0.0296. The van der Waals surface area contributed by atoms with Gasteiger partial charge in [0.2, 0.25) is 5.95 Å². The molecule has 7 nitrogen and oxygen atoms in total. The first-order chi connectivity index (χ1) is 13.6. The van der Waals surface area contributed by atoms with E-state index < -0.39 is 0 Å². The van der Waals surface area contributed by atoms with Gasteiger partial charge in [-0.05, 0) is 50.7 Å². The monoisotopic (exact) mass is 382 g/mol. The molecular formula is C21H30N6O. The van der Waals surface area contributed by atoms with Crippen molar-refractivity contribution in [3.63, 3.8) is 0 Å². The van der Waals surface area contributed by atoms with Crippen molar-refractivity contribution in [1.82, 2.24) is 19.8 Å². The van der Waals surface area contributed by atoms with E-state index in [0.717, 1.165) is 51.5 Å². The molecule has 0 radical (unpaired) electrons. The van der Waals surface area contributed by atoms with E-state index in [9.17, 15) is 4.79 Å². The molecular weight excluding hydrogens is 352 g/mol. The van der Waals surface area contributed by atoms with Gasteiger partial charge in [0.25, 0.3) is 5.91 Å². The largest absolute Gasteiger partial charge is 0.372 e. The molecule has 1 aliphatic rings. The Morgan fingerprint density at radius 2 is 1.71 bits per heavy atom. The van der Waals surface area contributed by atoms with Gasteiger partial charge in [-0.3, -0.25) is 4.79 Å². The number of nitrogens with one attached hydrogen (secondary N) is 1. The van der Waals surface area contributed by atoms with Gasteiger partial charge in [-0.25, -0.2) is 9.97 Å². The number of aromatic nitrogens is 2. The zero-order chi connectivity index (χ0) is 19.9. The number of carbonyl (C=O) groups excluding carboxylic acids is 1. The molecule has 1 aromatic heterocycles. The van der Waals surface area contributed by atoms with Gasteiger partial charge in [0, 0.05) is 56.8 Å². The summed E-state index contributed by atoms with van der Waals surface area (Å²) >= 11 is 0. The zero-order valence-electron chi connectivity index (χ0n) is 17.1. The number of piperazine rings is 1. The summed E-state index contributed by atoms with van der Waals surface area (Å²) in [5.74, 6) is 0.409. The number of likely N-dealkylation sites (N-methyl/N-ethyl adjacent to an activating group) is 1. The van der Waals surface area contributed by atoms with E-state index in [4.69, 9.17) is 0 Å². The molecule has 1 aliphatic heterocycles. The summed E-state index contributed by atoms with van der Waals surface area (Å²) in [7, 11) is 0. The second kappa shape index (κ2) is 9.50. The molecule has 1 N–H and O–H groups in total. The van der Waals surface area contributed by atoms with Gasteiger partial charge in [-0.1, -0.05) is 6.92 Å². The highest BCUT2D eigenvalue weighted by Gasteiger charge is 2.22. The Morgan fingerprint density at radius 3 is 2.32 bits per heavy atom. The van der Waals surface area contributed by atoms with Crippen LogP contribution in [0.4, 0.5) is 17.3 Å². The van der Waals surface area contributed by atoms with Crippen LogP contribution in [0.25, 0.3) is 0 Å². The number of amides is 1. The van der Waals surface area contributed by atoms with Crippen LogP contribution in [0.1, 0.15) is 31.3 Å². The summed E-state index contributed by atoms with van der Waals surface area (Å²) < 4.78 is 0. The molecule has 1 amide bonds. The van der Waals surface area contributed by atoms with E-state index in [0.29, 0.717) is 11.6 Å². The fourth-order valence-corrected chi connectivity index (χ4v) is 3.44. The zero-order valence-corrected chi connectivity index (χ0v) is 17.1. The van der Waals surface area contributed by atoms with Gasteiger partial charge in [0.05, 0.1) is 0 Å². The molecule has 7 heteroatoms. The topological polar surface area (TPSA) is 64.6 Å². The summed E-state index contributed by atoms with van der Waals surface area (Å²) in [5, 5.41) is 3.20. The lowest BCUT2D eigenvalue weighted by molar-refractivity contribution is 0.0637. The molecule has 0 aliphatic carbocycles. The van der Waals surface area contributed by atoms with Gasteiger partial charge in [0.15, 0.2) is 0 Å². The Hall–Kier alpha value is -2.67. The fraction of sp³-hybridized carbons (Fsp3) is 0.476. The third-order valence-electron chi connectivity index (χ3n) is 5.23. The lowest BCUT2D eigenvalue weighted by atomic mass is 10.2. The molecule has 0 spiro atoms. The predicted molar refractivity (Wildman–Crippen MR) is 113 cm³/mol. The van der Waals surface area contributed by atoms with Crippen LogP contribution < -0.4 is 10.2 Å². The third-order valence-corrected chi connectivity index (χ3v) is 5.23. The van der Waals surface area contributed by atoms with Gasteiger partial charge in [0.1, 0.15) is 5.69 Å². The SMILES string of the molecule is CCN1CCN(C(=O)c2ccnc(Nc3ccc(N(CC)CC)cc3)n2)CC1. The normalized spacial score (nSPS) is 14.8. The van der Waals surface area contributed by atoms with Crippen LogP contribution in [-0.2, 0) is 0 Å². The highest BCUT2D eigenvalue weighted by Crippen LogP contribution is 2.20. The number of hydrogen-bond donors (Lipinski definition) is 1. The highest BCUT2D eigenvalue weighted by atomic mass is 16.2. The molecule has 0 saturated carbocycles. The summed E-state index contributed by atoms with van der Waals surface area (Å²) in [5.41, 5.74) is 2.52. The number of hydrogen-bond acceptors (Lipinski definition) is 6. The Balaban J connectivity index is 1.65. The maximum absolute atomic E-state index is 12.8. The van der Waals surface area contributed by atoms with Crippen molar-refractivity contribution in [2.24, 2.45) is 0 Å². The van der Waals surface area contributed by atoms with Crippen molar-refractivity contribution < 1.29 is 4.79 Å². The smallest absolute Gasteiger partial charge is 0.272 e. The minimum atomic E-state index is -0.0296. The first kappa shape index (κ1) is 20.1. The van der Waals surface area contributed by atoms with Crippen molar-refractivity contribution in [3.05, 3.63) is 42.2 Å². The van der Waals surface area contributed by atoms with Crippen LogP contribution in [0, 0.1) is 0 Å². The molecule has 1 fully saturated rings. The molecule has 28 heavy (non-hydrogen) atoms. The maximum atomic E-state index is 12.8. The van der Waals surface area contributed by atoms with Crippen LogP contribution in [0.15, 0.2) is 36.5 Å². The number of carbonyl (C=O) groups is 1. The van der Waals surface area contributed by atoms with Crippen molar-refractivity contribution in [1.29, 1.82) is 0 Å². The summed E-state index contributed by atoms with van der Waals surface area (Å²) in [6, 6.07) is 9.86. The van der Waals surface area contributed by atoms with E-state index in [1.54, 1.807) is 12.3 Å². The highest BCUT2D eigenvalue weighted by molar-refractivity contribution is 5.92.